The lowest BCUT2D eigenvalue weighted by Gasteiger charge is -2.21. The summed E-state index contributed by atoms with van der Waals surface area (Å²) < 4.78 is 11.1. The monoisotopic (exact) mass is 442 g/mol. The highest BCUT2D eigenvalue weighted by molar-refractivity contribution is 7.17. The van der Waals surface area contributed by atoms with Gasteiger partial charge in [-0.2, -0.15) is 5.26 Å². The zero-order valence-corrected chi connectivity index (χ0v) is 18.2. The minimum absolute atomic E-state index is 0.0987. The van der Waals surface area contributed by atoms with Gasteiger partial charge < -0.3 is 14.8 Å². The van der Waals surface area contributed by atoms with Gasteiger partial charge in [0.25, 0.3) is 0 Å². The lowest BCUT2D eigenvalue weighted by Crippen LogP contribution is -2.28. The Morgan fingerprint density at radius 3 is 2.77 bits per heavy atom. The molecule has 1 aliphatic rings. The van der Waals surface area contributed by atoms with Gasteiger partial charge >= 0.3 is 12.1 Å². The van der Waals surface area contributed by atoms with Crippen molar-refractivity contribution in [1.29, 1.82) is 5.26 Å². The molecule has 1 aliphatic carbocycles. The fourth-order valence-corrected chi connectivity index (χ4v) is 4.29. The number of amides is 1. The van der Waals surface area contributed by atoms with Crippen LogP contribution in [0.2, 0.25) is 0 Å². The third-order valence-electron chi connectivity index (χ3n) is 4.96. The largest absolute Gasteiger partial charge is 0.458 e. The van der Waals surface area contributed by atoms with Crippen LogP contribution >= 0.6 is 11.3 Å². The number of nitrogens with zero attached hydrogens (tertiary/aromatic N) is 3. The summed E-state index contributed by atoms with van der Waals surface area (Å²) in [5, 5.41) is 11.2. The number of nitriles is 1. The Balaban J connectivity index is 1.66. The maximum atomic E-state index is 12.8. The van der Waals surface area contributed by atoms with E-state index in [1.807, 2.05) is 0 Å². The number of esters is 1. The summed E-state index contributed by atoms with van der Waals surface area (Å²) in [6.07, 6.45) is 11.9. The molecule has 0 unspecified atom stereocenters. The molecule has 0 atom stereocenters. The van der Waals surface area contributed by atoms with Crippen LogP contribution in [0, 0.1) is 11.3 Å². The fraction of sp³-hybridized carbons (Fsp3) is 0.500. The van der Waals surface area contributed by atoms with Gasteiger partial charge in [-0.15, -0.1) is 11.3 Å². The summed E-state index contributed by atoms with van der Waals surface area (Å²) in [5.41, 5.74) is 0.590. The van der Waals surface area contributed by atoms with Gasteiger partial charge in [0.1, 0.15) is 6.10 Å². The minimum Gasteiger partial charge on any atom is -0.458 e. The molecule has 0 radical (unpaired) electrons. The van der Waals surface area contributed by atoms with Crippen molar-refractivity contribution in [3.63, 3.8) is 0 Å². The van der Waals surface area contributed by atoms with Gasteiger partial charge in [-0.3, -0.25) is 9.97 Å². The molecule has 1 saturated carbocycles. The van der Waals surface area contributed by atoms with Crippen LogP contribution in [-0.4, -0.2) is 34.7 Å². The van der Waals surface area contributed by atoms with Gasteiger partial charge in [0.2, 0.25) is 0 Å². The van der Waals surface area contributed by atoms with Crippen LogP contribution in [-0.2, 0) is 4.74 Å². The molecule has 3 rings (SSSR count). The minimum atomic E-state index is -0.629. The lowest BCUT2D eigenvalue weighted by atomic mass is 9.98. The van der Waals surface area contributed by atoms with Crippen LogP contribution in [0.25, 0.3) is 10.6 Å². The number of hydrogen-bond donors (Lipinski definition) is 1. The standard InChI is InChI=1S/C22H26N4O4S/c23-10-6-1-2-7-11-26-22(28)30-18-14-19(17-15-24-12-13-25-17)31-20(18)21(27)29-16-8-4-3-5-9-16/h12-16H,1-9,11H2,(H,26,28). The van der Waals surface area contributed by atoms with Crippen molar-refractivity contribution in [2.75, 3.05) is 6.54 Å². The number of ether oxygens (including phenoxy) is 2. The second-order valence-corrected chi connectivity index (χ2v) is 8.40. The highest BCUT2D eigenvalue weighted by Gasteiger charge is 2.26. The number of aromatic nitrogens is 2. The van der Waals surface area contributed by atoms with Crippen molar-refractivity contribution >= 4 is 23.4 Å². The quantitative estimate of drug-likeness (QED) is 0.435. The molecular weight excluding hydrogens is 416 g/mol. The van der Waals surface area contributed by atoms with E-state index in [9.17, 15) is 9.59 Å². The maximum absolute atomic E-state index is 12.8. The van der Waals surface area contributed by atoms with Gasteiger partial charge in [0, 0.05) is 31.4 Å². The van der Waals surface area contributed by atoms with E-state index in [-0.39, 0.29) is 16.7 Å². The predicted octanol–water partition coefficient (Wildman–Crippen LogP) is 4.87. The van der Waals surface area contributed by atoms with Crippen LogP contribution in [0.15, 0.2) is 24.7 Å². The molecule has 0 bridgehead atoms. The van der Waals surface area contributed by atoms with Crippen molar-refractivity contribution in [3.8, 4) is 22.4 Å². The number of carbonyl (C=O) groups is 2. The van der Waals surface area contributed by atoms with Crippen molar-refractivity contribution in [2.24, 2.45) is 0 Å². The van der Waals surface area contributed by atoms with E-state index >= 15 is 0 Å². The van der Waals surface area contributed by atoms with Crippen molar-refractivity contribution in [2.45, 2.75) is 63.9 Å². The van der Waals surface area contributed by atoms with E-state index in [0.29, 0.717) is 23.5 Å². The molecule has 0 aromatic carbocycles. The van der Waals surface area contributed by atoms with Crippen LogP contribution < -0.4 is 10.1 Å². The second-order valence-electron chi connectivity index (χ2n) is 7.35. The number of carbonyl (C=O) groups excluding carboxylic acids is 2. The molecule has 0 aliphatic heterocycles. The molecule has 8 nitrogen and oxygen atoms in total. The van der Waals surface area contributed by atoms with Gasteiger partial charge in [0.15, 0.2) is 10.6 Å². The molecular formula is C22H26N4O4S. The first-order chi connectivity index (χ1) is 15.2. The topological polar surface area (TPSA) is 114 Å². The first-order valence-corrected chi connectivity index (χ1v) is 11.4. The number of hydrogen-bond acceptors (Lipinski definition) is 8. The Bertz CT molecular complexity index is 904. The Hall–Kier alpha value is -2.99. The van der Waals surface area contributed by atoms with E-state index < -0.39 is 12.1 Å². The van der Waals surface area contributed by atoms with E-state index in [0.717, 1.165) is 51.4 Å². The normalized spacial score (nSPS) is 13.9. The summed E-state index contributed by atoms with van der Waals surface area (Å²) in [4.78, 5) is 34.3. The van der Waals surface area contributed by atoms with E-state index in [2.05, 4.69) is 21.4 Å². The van der Waals surface area contributed by atoms with E-state index in [4.69, 9.17) is 14.7 Å². The Morgan fingerprint density at radius 1 is 1.19 bits per heavy atom. The summed E-state index contributed by atoms with van der Waals surface area (Å²) in [7, 11) is 0. The summed E-state index contributed by atoms with van der Waals surface area (Å²) in [6, 6.07) is 3.72. The fourth-order valence-electron chi connectivity index (χ4n) is 3.37. The smallest absolute Gasteiger partial charge is 0.412 e. The van der Waals surface area contributed by atoms with Gasteiger partial charge in [-0.25, -0.2) is 9.59 Å². The van der Waals surface area contributed by atoms with Crippen molar-refractivity contribution in [1.82, 2.24) is 15.3 Å². The SMILES string of the molecule is N#CCCCCCNC(=O)Oc1cc(-c2cnccn2)sc1C(=O)OC1CCCCC1. The number of nitrogens with one attached hydrogen (secondary N) is 1. The first kappa shape index (κ1) is 22.7. The summed E-state index contributed by atoms with van der Waals surface area (Å²) in [5.74, 6) is -0.320. The number of unbranched alkanes of at least 4 members (excludes halogenated alkanes) is 3. The highest BCUT2D eigenvalue weighted by Crippen LogP contribution is 2.36. The average Bonchev–Trinajstić information content (AvgIpc) is 3.21. The van der Waals surface area contributed by atoms with Crippen LogP contribution in [0.1, 0.15) is 67.5 Å². The molecule has 31 heavy (non-hydrogen) atoms. The van der Waals surface area contributed by atoms with Gasteiger partial charge in [-0.05, 0) is 38.5 Å². The molecule has 164 valence electrons. The number of rotatable bonds is 9. The Kier molecular flexibility index (Phi) is 8.79. The lowest BCUT2D eigenvalue weighted by molar-refractivity contribution is 0.0214. The molecule has 2 aromatic rings. The van der Waals surface area contributed by atoms with Crippen molar-refractivity contribution in [3.05, 3.63) is 29.5 Å². The highest BCUT2D eigenvalue weighted by atomic mass is 32.1. The Labute approximate surface area is 185 Å². The van der Waals surface area contributed by atoms with E-state index in [1.165, 1.54) is 11.3 Å². The van der Waals surface area contributed by atoms with Crippen LogP contribution in [0.3, 0.4) is 0 Å². The molecule has 0 spiro atoms. The van der Waals surface area contributed by atoms with Gasteiger partial charge in [0.05, 0.1) is 22.8 Å². The molecule has 1 N–H and O–H groups in total. The molecule has 2 aromatic heterocycles. The predicted molar refractivity (Wildman–Crippen MR) is 116 cm³/mol. The van der Waals surface area contributed by atoms with Crippen LogP contribution in [0.4, 0.5) is 4.79 Å². The van der Waals surface area contributed by atoms with E-state index in [1.54, 1.807) is 24.7 Å². The number of thiophene rings is 1. The zero-order chi connectivity index (χ0) is 21.9. The first-order valence-electron chi connectivity index (χ1n) is 10.6. The maximum Gasteiger partial charge on any atom is 0.412 e. The average molecular weight is 443 g/mol. The molecule has 1 amide bonds. The Morgan fingerprint density at radius 2 is 2.03 bits per heavy atom. The zero-order valence-electron chi connectivity index (χ0n) is 17.3. The van der Waals surface area contributed by atoms with Crippen LogP contribution in [0.5, 0.6) is 5.75 Å². The molecule has 2 heterocycles. The van der Waals surface area contributed by atoms with Gasteiger partial charge in [-0.1, -0.05) is 12.8 Å². The third kappa shape index (κ3) is 7.03. The summed E-state index contributed by atoms with van der Waals surface area (Å²) in [6.45, 7) is 0.438. The third-order valence-corrected chi connectivity index (χ3v) is 6.08. The summed E-state index contributed by atoms with van der Waals surface area (Å²) >= 11 is 1.18. The molecule has 1 fully saturated rings. The second kappa shape index (κ2) is 12.0. The molecule has 0 saturated heterocycles. The molecule has 9 heteroatoms. The van der Waals surface area contributed by atoms with Crippen molar-refractivity contribution < 1.29 is 19.1 Å².